The molecule has 0 saturated heterocycles. The first-order valence-corrected chi connectivity index (χ1v) is 8.68. The molecule has 0 aliphatic rings. The Kier molecular flexibility index (Phi) is 10.6. The molecule has 0 bridgehead atoms. The summed E-state index contributed by atoms with van der Waals surface area (Å²) in [5, 5.41) is 6.66. The minimum atomic E-state index is 0. The fourth-order valence-electron chi connectivity index (χ4n) is 1.99. The van der Waals surface area contributed by atoms with Crippen molar-refractivity contribution in [3.05, 3.63) is 54.9 Å². The van der Waals surface area contributed by atoms with E-state index in [4.69, 9.17) is 0 Å². The Labute approximate surface area is 160 Å². The van der Waals surface area contributed by atoms with Crippen molar-refractivity contribution in [1.29, 1.82) is 0 Å². The average molecular weight is 444 g/mol. The van der Waals surface area contributed by atoms with E-state index >= 15 is 0 Å². The number of rotatable bonds is 8. The van der Waals surface area contributed by atoms with Gasteiger partial charge in [0, 0.05) is 42.7 Å². The molecule has 0 aliphatic carbocycles. The molecule has 0 saturated carbocycles. The van der Waals surface area contributed by atoms with Crippen molar-refractivity contribution in [2.45, 2.75) is 18.4 Å². The predicted octanol–water partition coefficient (Wildman–Crippen LogP) is 3.45. The van der Waals surface area contributed by atoms with Gasteiger partial charge in [-0.3, -0.25) is 4.99 Å². The largest absolute Gasteiger partial charge is 0.357 e. The van der Waals surface area contributed by atoms with Crippen LogP contribution in [-0.4, -0.2) is 35.9 Å². The molecular weight excluding hydrogens is 419 g/mol. The third-order valence-corrected chi connectivity index (χ3v) is 4.06. The Hall–Kier alpha value is -1.15. The van der Waals surface area contributed by atoms with Crippen molar-refractivity contribution >= 4 is 41.7 Å². The van der Waals surface area contributed by atoms with Crippen LogP contribution in [0.4, 0.5) is 0 Å². The monoisotopic (exact) mass is 444 g/mol. The third-order valence-electron chi connectivity index (χ3n) is 3.04. The molecule has 0 unspecified atom stereocenters. The molecule has 0 fully saturated rings. The lowest BCUT2D eigenvalue weighted by molar-refractivity contribution is 0.705. The molecule has 1 heterocycles. The number of hydrogen-bond acceptors (Lipinski definition) is 2. The van der Waals surface area contributed by atoms with Crippen LogP contribution in [0, 0.1) is 0 Å². The van der Waals surface area contributed by atoms with Gasteiger partial charge in [0.25, 0.3) is 0 Å². The number of benzene rings is 1. The highest BCUT2D eigenvalue weighted by Gasteiger charge is 1.97. The van der Waals surface area contributed by atoms with Gasteiger partial charge in [-0.05, 0) is 31.2 Å². The standard InChI is InChI=1S/C17H24N4S.HI/c1-2-18-17(19-10-14-21-12-6-7-13-21)20-11-15-22-16-8-4-3-5-9-16;/h3-9,12-13H,2,10-11,14-15H2,1H3,(H2,18,19,20);1H. The molecule has 23 heavy (non-hydrogen) atoms. The maximum Gasteiger partial charge on any atom is 0.191 e. The van der Waals surface area contributed by atoms with Crippen molar-refractivity contribution in [3.63, 3.8) is 0 Å². The van der Waals surface area contributed by atoms with Gasteiger partial charge in [-0.2, -0.15) is 0 Å². The summed E-state index contributed by atoms with van der Waals surface area (Å²) in [5.74, 6) is 1.91. The van der Waals surface area contributed by atoms with Gasteiger partial charge in [-0.25, -0.2) is 0 Å². The van der Waals surface area contributed by atoms with Crippen molar-refractivity contribution in [2.75, 3.05) is 25.4 Å². The fourth-order valence-corrected chi connectivity index (χ4v) is 2.78. The van der Waals surface area contributed by atoms with Crippen molar-refractivity contribution in [2.24, 2.45) is 4.99 Å². The van der Waals surface area contributed by atoms with E-state index in [2.05, 4.69) is 63.8 Å². The molecular formula is C17H25IN4S. The zero-order valence-corrected chi connectivity index (χ0v) is 16.6. The molecule has 126 valence electrons. The summed E-state index contributed by atoms with van der Waals surface area (Å²) < 4.78 is 2.14. The summed E-state index contributed by atoms with van der Waals surface area (Å²) in [6, 6.07) is 14.5. The molecule has 0 spiro atoms. The van der Waals surface area contributed by atoms with Gasteiger partial charge in [0.2, 0.25) is 0 Å². The number of nitrogens with zero attached hydrogens (tertiary/aromatic N) is 2. The number of hydrogen-bond donors (Lipinski definition) is 2. The van der Waals surface area contributed by atoms with Gasteiger partial charge in [0.15, 0.2) is 5.96 Å². The zero-order valence-electron chi connectivity index (χ0n) is 13.4. The molecule has 6 heteroatoms. The second-order valence-electron chi connectivity index (χ2n) is 4.77. The second-order valence-corrected chi connectivity index (χ2v) is 5.94. The number of aromatic nitrogens is 1. The molecule has 2 N–H and O–H groups in total. The molecule has 0 radical (unpaired) electrons. The Bertz CT molecular complexity index is 543. The van der Waals surface area contributed by atoms with Gasteiger partial charge in [-0.1, -0.05) is 18.2 Å². The van der Waals surface area contributed by atoms with Crippen molar-refractivity contribution in [1.82, 2.24) is 15.2 Å². The van der Waals surface area contributed by atoms with Crippen molar-refractivity contribution < 1.29 is 0 Å². The Morgan fingerprint density at radius 1 is 1.09 bits per heavy atom. The first kappa shape index (κ1) is 19.9. The summed E-state index contributed by atoms with van der Waals surface area (Å²) in [4.78, 5) is 5.90. The molecule has 1 aromatic carbocycles. The number of guanidine groups is 1. The maximum absolute atomic E-state index is 4.60. The normalized spacial score (nSPS) is 10.9. The summed E-state index contributed by atoms with van der Waals surface area (Å²) in [6.07, 6.45) is 4.12. The summed E-state index contributed by atoms with van der Waals surface area (Å²) in [5.41, 5.74) is 0. The van der Waals surface area contributed by atoms with Gasteiger partial charge >= 0.3 is 0 Å². The van der Waals surface area contributed by atoms with Crippen LogP contribution >= 0.6 is 35.7 Å². The Balaban J connectivity index is 0.00000264. The molecule has 2 aromatic rings. The van der Waals surface area contributed by atoms with Crippen LogP contribution in [0.15, 0.2) is 64.7 Å². The van der Waals surface area contributed by atoms with E-state index in [0.717, 1.165) is 37.9 Å². The van der Waals surface area contributed by atoms with E-state index in [1.54, 1.807) is 0 Å². The van der Waals surface area contributed by atoms with Crippen LogP contribution in [0.1, 0.15) is 6.92 Å². The first-order chi connectivity index (χ1) is 10.9. The van der Waals surface area contributed by atoms with E-state index in [1.807, 2.05) is 30.0 Å². The Morgan fingerprint density at radius 3 is 2.52 bits per heavy atom. The van der Waals surface area contributed by atoms with E-state index in [1.165, 1.54) is 4.90 Å². The summed E-state index contributed by atoms with van der Waals surface area (Å²) >= 11 is 1.85. The topological polar surface area (TPSA) is 41.4 Å². The van der Waals surface area contributed by atoms with E-state index in [0.29, 0.717) is 0 Å². The lowest BCUT2D eigenvalue weighted by Gasteiger charge is -2.11. The molecule has 1 aromatic heterocycles. The SMILES string of the molecule is CCNC(=NCCn1cccc1)NCCSc1ccccc1.I. The molecule has 0 aliphatic heterocycles. The lowest BCUT2D eigenvalue weighted by Crippen LogP contribution is -2.38. The van der Waals surface area contributed by atoms with Crippen LogP contribution in [0.3, 0.4) is 0 Å². The third kappa shape index (κ3) is 8.31. The molecule has 0 atom stereocenters. The lowest BCUT2D eigenvalue weighted by atomic mass is 10.4. The van der Waals surface area contributed by atoms with Crippen LogP contribution in [0.2, 0.25) is 0 Å². The minimum Gasteiger partial charge on any atom is -0.357 e. The number of halogens is 1. The van der Waals surface area contributed by atoms with E-state index < -0.39 is 0 Å². The summed E-state index contributed by atoms with van der Waals surface area (Å²) in [6.45, 7) is 5.54. The zero-order chi connectivity index (χ0) is 15.5. The van der Waals surface area contributed by atoms with Gasteiger partial charge < -0.3 is 15.2 Å². The summed E-state index contributed by atoms with van der Waals surface area (Å²) in [7, 11) is 0. The van der Waals surface area contributed by atoms with Crippen LogP contribution < -0.4 is 10.6 Å². The number of thioether (sulfide) groups is 1. The highest BCUT2D eigenvalue weighted by Crippen LogP contribution is 2.15. The van der Waals surface area contributed by atoms with E-state index in [9.17, 15) is 0 Å². The van der Waals surface area contributed by atoms with Gasteiger partial charge in [-0.15, -0.1) is 35.7 Å². The Morgan fingerprint density at radius 2 is 1.83 bits per heavy atom. The highest BCUT2D eigenvalue weighted by atomic mass is 127. The van der Waals surface area contributed by atoms with Gasteiger partial charge in [0.1, 0.15) is 0 Å². The van der Waals surface area contributed by atoms with E-state index in [-0.39, 0.29) is 24.0 Å². The van der Waals surface area contributed by atoms with Crippen LogP contribution in [0.25, 0.3) is 0 Å². The predicted molar refractivity (Wildman–Crippen MR) is 111 cm³/mol. The number of aliphatic imine (C=N–C) groups is 1. The van der Waals surface area contributed by atoms with Crippen LogP contribution in [0.5, 0.6) is 0 Å². The second kappa shape index (κ2) is 12.3. The average Bonchev–Trinajstić information content (AvgIpc) is 3.06. The quantitative estimate of drug-likeness (QED) is 0.216. The smallest absolute Gasteiger partial charge is 0.191 e. The van der Waals surface area contributed by atoms with Crippen molar-refractivity contribution in [3.8, 4) is 0 Å². The fraction of sp³-hybridized carbons (Fsp3) is 0.353. The number of nitrogens with one attached hydrogen (secondary N) is 2. The first-order valence-electron chi connectivity index (χ1n) is 7.69. The maximum atomic E-state index is 4.60. The van der Waals surface area contributed by atoms with Gasteiger partial charge in [0.05, 0.1) is 6.54 Å². The molecule has 0 amide bonds. The van der Waals surface area contributed by atoms with Crippen LogP contribution in [-0.2, 0) is 6.54 Å². The molecule has 4 nitrogen and oxygen atoms in total. The molecule has 2 rings (SSSR count). The minimum absolute atomic E-state index is 0. The highest BCUT2D eigenvalue weighted by molar-refractivity contribution is 14.0.